The Balaban J connectivity index is 2.09. The van der Waals surface area contributed by atoms with E-state index in [9.17, 15) is 0 Å². The third kappa shape index (κ3) is 1.74. The quantitative estimate of drug-likeness (QED) is 0.901. The molecule has 1 N–H and O–H groups in total. The fourth-order valence-electron chi connectivity index (χ4n) is 3.04. The van der Waals surface area contributed by atoms with E-state index in [1.807, 2.05) is 12.1 Å². The van der Waals surface area contributed by atoms with E-state index >= 15 is 0 Å². The van der Waals surface area contributed by atoms with E-state index in [1.165, 1.54) is 12.0 Å². The number of rotatable bonds is 3. The van der Waals surface area contributed by atoms with Crippen LogP contribution in [0.2, 0.25) is 0 Å². The second-order valence-electron chi connectivity index (χ2n) is 5.40. The summed E-state index contributed by atoms with van der Waals surface area (Å²) in [4.78, 5) is 4.74. The second kappa shape index (κ2) is 4.39. The molecule has 18 heavy (non-hydrogen) atoms. The maximum absolute atomic E-state index is 6.09. The van der Waals surface area contributed by atoms with Crippen molar-refractivity contribution in [3.8, 4) is 0 Å². The Hall–Kier alpha value is -1.35. The van der Waals surface area contributed by atoms with Crippen LogP contribution in [0.1, 0.15) is 37.6 Å². The smallest absolute Gasteiger partial charge is 0.203 e. The Morgan fingerprint density at radius 3 is 3.00 bits per heavy atom. The van der Waals surface area contributed by atoms with Crippen molar-refractivity contribution in [3.05, 3.63) is 29.7 Å². The highest BCUT2D eigenvalue weighted by molar-refractivity contribution is 5.76. The van der Waals surface area contributed by atoms with Gasteiger partial charge in [-0.1, -0.05) is 25.5 Å². The van der Waals surface area contributed by atoms with Crippen LogP contribution < -0.4 is 5.32 Å². The summed E-state index contributed by atoms with van der Waals surface area (Å²) < 4.78 is 6.09. The van der Waals surface area contributed by atoms with Crippen molar-refractivity contribution < 1.29 is 4.42 Å². The molecule has 0 saturated carbocycles. The van der Waals surface area contributed by atoms with Gasteiger partial charge in [0.15, 0.2) is 5.58 Å². The molecule has 1 aliphatic heterocycles. The summed E-state index contributed by atoms with van der Waals surface area (Å²) in [5, 5.41) is 3.46. The summed E-state index contributed by atoms with van der Waals surface area (Å²) in [6.45, 7) is 6.37. The summed E-state index contributed by atoms with van der Waals surface area (Å²) in [5.41, 5.74) is 3.23. The highest BCUT2D eigenvalue weighted by Crippen LogP contribution is 2.36. The molecule has 1 atom stereocenters. The summed E-state index contributed by atoms with van der Waals surface area (Å²) in [6.07, 6.45) is 3.44. The molecule has 0 radical (unpaired) electrons. The molecular weight excluding hydrogens is 224 g/mol. The highest BCUT2D eigenvalue weighted by Gasteiger charge is 2.39. The Bertz CT molecular complexity index is 553. The molecule has 3 rings (SSSR count). The molecule has 1 unspecified atom stereocenters. The molecule has 2 heterocycles. The number of nitrogens with zero attached hydrogens (tertiary/aromatic N) is 1. The zero-order valence-electron chi connectivity index (χ0n) is 11.1. The summed E-state index contributed by atoms with van der Waals surface area (Å²) >= 11 is 0. The van der Waals surface area contributed by atoms with Gasteiger partial charge in [0.2, 0.25) is 5.89 Å². The second-order valence-corrected chi connectivity index (χ2v) is 5.40. The maximum atomic E-state index is 6.09. The van der Waals surface area contributed by atoms with E-state index in [-0.39, 0.29) is 5.41 Å². The number of aryl methyl sites for hydroxylation is 1. The maximum Gasteiger partial charge on any atom is 0.203 e. The van der Waals surface area contributed by atoms with E-state index in [1.54, 1.807) is 0 Å². The van der Waals surface area contributed by atoms with Crippen LogP contribution in [0.5, 0.6) is 0 Å². The first-order valence-corrected chi connectivity index (χ1v) is 6.82. The summed E-state index contributed by atoms with van der Waals surface area (Å²) in [5.74, 6) is 0.929. The van der Waals surface area contributed by atoms with Gasteiger partial charge in [-0.3, -0.25) is 0 Å². The first-order chi connectivity index (χ1) is 8.75. The number of aromatic nitrogens is 1. The van der Waals surface area contributed by atoms with Crippen LogP contribution in [-0.4, -0.2) is 18.1 Å². The average molecular weight is 244 g/mol. The van der Waals surface area contributed by atoms with E-state index < -0.39 is 0 Å². The molecule has 3 heteroatoms. The molecule has 0 amide bonds. The van der Waals surface area contributed by atoms with Gasteiger partial charge in [-0.25, -0.2) is 4.98 Å². The average Bonchev–Trinajstić information content (AvgIpc) is 2.97. The van der Waals surface area contributed by atoms with Crippen LogP contribution in [0.25, 0.3) is 11.1 Å². The third-order valence-electron chi connectivity index (χ3n) is 4.04. The highest BCUT2D eigenvalue weighted by atomic mass is 16.3. The van der Waals surface area contributed by atoms with Crippen LogP contribution >= 0.6 is 0 Å². The minimum atomic E-state index is 0.111. The molecule has 3 nitrogen and oxygen atoms in total. The van der Waals surface area contributed by atoms with Crippen LogP contribution in [0.4, 0.5) is 0 Å². The lowest BCUT2D eigenvalue weighted by molar-refractivity contribution is 0.330. The predicted octanol–water partition coefficient (Wildman–Crippen LogP) is 3.17. The minimum absolute atomic E-state index is 0.111. The van der Waals surface area contributed by atoms with Gasteiger partial charge in [0.1, 0.15) is 5.52 Å². The molecule has 1 saturated heterocycles. The molecule has 0 spiro atoms. The van der Waals surface area contributed by atoms with Crippen molar-refractivity contribution >= 4 is 11.1 Å². The van der Waals surface area contributed by atoms with Crippen LogP contribution in [0.15, 0.2) is 22.6 Å². The van der Waals surface area contributed by atoms with Crippen molar-refractivity contribution in [3.63, 3.8) is 0 Å². The topological polar surface area (TPSA) is 38.1 Å². The van der Waals surface area contributed by atoms with Crippen LogP contribution in [-0.2, 0) is 5.41 Å². The Morgan fingerprint density at radius 1 is 1.44 bits per heavy atom. The summed E-state index contributed by atoms with van der Waals surface area (Å²) in [6, 6.07) is 6.16. The van der Waals surface area contributed by atoms with Gasteiger partial charge in [0.25, 0.3) is 0 Å². The van der Waals surface area contributed by atoms with Gasteiger partial charge in [0.05, 0.1) is 5.41 Å². The normalized spacial score (nSPS) is 23.9. The molecule has 1 aromatic heterocycles. The Morgan fingerprint density at radius 2 is 2.33 bits per heavy atom. The zero-order chi connectivity index (χ0) is 12.6. The SMILES string of the molecule is CCCC1(c2nc3cccc(C)c3o2)CCNC1. The van der Waals surface area contributed by atoms with Gasteiger partial charge in [-0.15, -0.1) is 0 Å². The molecular formula is C15H20N2O. The largest absolute Gasteiger partial charge is 0.440 e. The molecule has 1 aliphatic rings. The number of nitrogens with one attached hydrogen (secondary N) is 1. The van der Waals surface area contributed by atoms with Gasteiger partial charge < -0.3 is 9.73 Å². The summed E-state index contributed by atoms with van der Waals surface area (Å²) in [7, 11) is 0. The lowest BCUT2D eigenvalue weighted by atomic mass is 9.82. The van der Waals surface area contributed by atoms with Gasteiger partial charge in [-0.2, -0.15) is 0 Å². The van der Waals surface area contributed by atoms with Gasteiger partial charge in [0, 0.05) is 6.54 Å². The number of hydrogen-bond donors (Lipinski definition) is 1. The van der Waals surface area contributed by atoms with Gasteiger partial charge in [-0.05, 0) is 37.9 Å². The third-order valence-corrected chi connectivity index (χ3v) is 4.04. The standard InChI is InChI=1S/C15H20N2O/c1-3-7-15(8-9-16-10-15)14-17-12-6-4-5-11(2)13(12)18-14/h4-6,16H,3,7-10H2,1-2H3. The number of benzene rings is 1. The van der Waals surface area contributed by atoms with Crippen molar-refractivity contribution in [2.75, 3.05) is 13.1 Å². The van der Waals surface area contributed by atoms with E-state index in [2.05, 4.69) is 25.2 Å². The van der Waals surface area contributed by atoms with Crippen molar-refractivity contribution in [2.45, 2.75) is 38.5 Å². The minimum Gasteiger partial charge on any atom is -0.440 e. The van der Waals surface area contributed by atoms with Crippen molar-refractivity contribution in [1.29, 1.82) is 0 Å². The fraction of sp³-hybridized carbons (Fsp3) is 0.533. The number of oxazole rings is 1. The number of fused-ring (bicyclic) bond motifs is 1. The van der Waals surface area contributed by atoms with Crippen molar-refractivity contribution in [2.24, 2.45) is 0 Å². The molecule has 0 bridgehead atoms. The Kier molecular flexibility index (Phi) is 2.86. The molecule has 1 aromatic carbocycles. The molecule has 96 valence electrons. The van der Waals surface area contributed by atoms with Gasteiger partial charge >= 0.3 is 0 Å². The number of para-hydroxylation sites is 1. The predicted molar refractivity (Wildman–Crippen MR) is 72.8 cm³/mol. The molecule has 2 aromatic rings. The van der Waals surface area contributed by atoms with Crippen LogP contribution in [0, 0.1) is 6.92 Å². The van der Waals surface area contributed by atoms with Crippen LogP contribution in [0.3, 0.4) is 0 Å². The lowest BCUT2D eigenvalue weighted by Crippen LogP contribution is -2.29. The molecule has 0 aliphatic carbocycles. The lowest BCUT2D eigenvalue weighted by Gasteiger charge is -2.23. The van der Waals surface area contributed by atoms with E-state index in [0.29, 0.717) is 0 Å². The van der Waals surface area contributed by atoms with E-state index in [4.69, 9.17) is 9.40 Å². The fourth-order valence-corrected chi connectivity index (χ4v) is 3.04. The first-order valence-electron chi connectivity index (χ1n) is 6.82. The molecule has 1 fully saturated rings. The Labute approximate surface area is 108 Å². The van der Waals surface area contributed by atoms with E-state index in [0.717, 1.165) is 42.9 Å². The monoisotopic (exact) mass is 244 g/mol. The number of hydrogen-bond acceptors (Lipinski definition) is 3. The zero-order valence-corrected chi connectivity index (χ0v) is 11.1. The first kappa shape index (κ1) is 11.7. The van der Waals surface area contributed by atoms with Crippen molar-refractivity contribution in [1.82, 2.24) is 10.3 Å².